The van der Waals surface area contributed by atoms with Crippen molar-refractivity contribution < 1.29 is 9.90 Å². The molecule has 1 fully saturated rings. The van der Waals surface area contributed by atoms with Gasteiger partial charge in [-0.05, 0) is 12.8 Å². The van der Waals surface area contributed by atoms with Gasteiger partial charge in [-0.1, -0.05) is 24.4 Å². The van der Waals surface area contributed by atoms with Gasteiger partial charge in [0.1, 0.15) is 10.8 Å². The van der Waals surface area contributed by atoms with Crippen LogP contribution in [0.15, 0.2) is 12.4 Å². The number of carbonyl (C=O) groups is 1. The first-order valence-corrected chi connectivity index (χ1v) is 5.95. The lowest BCUT2D eigenvalue weighted by Crippen LogP contribution is -2.41. The minimum absolute atomic E-state index is 0.205. The Hall–Kier alpha value is -1.20. The molecule has 0 aliphatic heterocycles. The number of halogens is 1. The average molecular weight is 256 g/mol. The Morgan fingerprint density at radius 1 is 1.41 bits per heavy atom. The highest BCUT2D eigenvalue weighted by atomic mass is 35.5. The smallest absolute Gasteiger partial charge is 0.271 e. The molecule has 0 spiro atoms. The van der Waals surface area contributed by atoms with E-state index < -0.39 is 5.60 Å². The van der Waals surface area contributed by atoms with Gasteiger partial charge in [0.2, 0.25) is 0 Å². The van der Waals surface area contributed by atoms with Gasteiger partial charge in [0, 0.05) is 6.54 Å². The van der Waals surface area contributed by atoms with Crippen LogP contribution in [0.1, 0.15) is 36.2 Å². The van der Waals surface area contributed by atoms with Crippen LogP contribution >= 0.6 is 11.6 Å². The zero-order valence-electron chi connectivity index (χ0n) is 9.32. The highest BCUT2D eigenvalue weighted by molar-refractivity contribution is 6.29. The third kappa shape index (κ3) is 3.14. The van der Waals surface area contributed by atoms with Crippen LogP contribution in [0.25, 0.3) is 0 Å². The van der Waals surface area contributed by atoms with Gasteiger partial charge in [-0.3, -0.25) is 4.79 Å². The molecule has 0 saturated heterocycles. The molecule has 1 heterocycles. The van der Waals surface area contributed by atoms with Crippen molar-refractivity contribution in [2.45, 2.75) is 31.3 Å². The van der Waals surface area contributed by atoms with Gasteiger partial charge in [-0.2, -0.15) is 0 Å². The van der Waals surface area contributed by atoms with Gasteiger partial charge in [0.05, 0.1) is 18.0 Å². The monoisotopic (exact) mass is 255 g/mol. The number of hydrogen-bond donors (Lipinski definition) is 2. The zero-order chi connectivity index (χ0) is 12.3. The molecule has 0 bridgehead atoms. The van der Waals surface area contributed by atoms with E-state index in [1.165, 1.54) is 12.4 Å². The molecule has 0 aromatic carbocycles. The number of aromatic nitrogens is 2. The summed E-state index contributed by atoms with van der Waals surface area (Å²) in [6.45, 7) is 0.260. The van der Waals surface area contributed by atoms with Crippen LogP contribution in [0.5, 0.6) is 0 Å². The second-order valence-electron chi connectivity index (χ2n) is 4.34. The molecule has 1 aliphatic carbocycles. The molecule has 6 heteroatoms. The van der Waals surface area contributed by atoms with Gasteiger partial charge < -0.3 is 10.4 Å². The van der Waals surface area contributed by atoms with Crippen LogP contribution in [0, 0.1) is 0 Å². The summed E-state index contributed by atoms with van der Waals surface area (Å²) in [5, 5.41) is 13.0. The van der Waals surface area contributed by atoms with Gasteiger partial charge >= 0.3 is 0 Å². The Morgan fingerprint density at radius 2 is 2.12 bits per heavy atom. The van der Waals surface area contributed by atoms with Crippen molar-refractivity contribution in [3.63, 3.8) is 0 Å². The van der Waals surface area contributed by atoms with Gasteiger partial charge in [-0.15, -0.1) is 0 Å². The highest BCUT2D eigenvalue weighted by Crippen LogP contribution is 2.28. The van der Waals surface area contributed by atoms with Crippen molar-refractivity contribution in [3.05, 3.63) is 23.2 Å². The summed E-state index contributed by atoms with van der Waals surface area (Å²) in [6.07, 6.45) is 6.12. The SMILES string of the molecule is O=C(NCC1(O)CCCC1)c1cnc(Cl)cn1. The quantitative estimate of drug-likeness (QED) is 0.850. The fourth-order valence-electron chi connectivity index (χ4n) is 1.97. The van der Waals surface area contributed by atoms with E-state index in [2.05, 4.69) is 15.3 Å². The summed E-state index contributed by atoms with van der Waals surface area (Å²) in [6, 6.07) is 0. The van der Waals surface area contributed by atoms with Crippen molar-refractivity contribution >= 4 is 17.5 Å². The molecule has 5 nitrogen and oxygen atoms in total. The van der Waals surface area contributed by atoms with Gasteiger partial charge in [0.15, 0.2) is 0 Å². The lowest BCUT2D eigenvalue weighted by Gasteiger charge is -2.22. The van der Waals surface area contributed by atoms with Crippen molar-refractivity contribution in [2.24, 2.45) is 0 Å². The van der Waals surface area contributed by atoms with E-state index in [9.17, 15) is 9.90 Å². The number of rotatable bonds is 3. The maximum atomic E-state index is 11.7. The lowest BCUT2D eigenvalue weighted by atomic mass is 10.0. The van der Waals surface area contributed by atoms with E-state index in [1.54, 1.807) is 0 Å². The third-order valence-electron chi connectivity index (χ3n) is 2.97. The van der Waals surface area contributed by atoms with E-state index in [4.69, 9.17) is 11.6 Å². The molecule has 2 rings (SSSR count). The molecule has 0 atom stereocenters. The first kappa shape index (κ1) is 12.3. The number of amides is 1. The van der Waals surface area contributed by atoms with Crippen LogP contribution in [-0.2, 0) is 0 Å². The fraction of sp³-hybridized carbons (Fsp3) is 0.545. The maximum Gasteiger partial charge on any atom is 0.271 e. The van der Waals surface area contributed by atoms with Gasteiger partial charge in [0.25, 0.3) is 5.91 Å². The zero-order valence-corrected chi connectivity index (χ0v) is 10.1. The van der Waals surface area contributed by atoms with Crippen molar-refractivity contribution in [3.8, 4) is 0 Å². The minimum atomic E-state index is -0.754. The number of aliphatic hydroxyl groups is 1. The number of nitrogens with zero attached hydrogens (tertiary/aromatic N) is 2. The number of carbonyl (C=O) groups excluding carboxylic acids is 1. The second-order valence-corrected chi connectivity index (χ2v) is 4.73. The molecular weight excluding hydrogens is 242 g/mol. The van der Waals surface area contributed by atoms with Crippen LogP contribution in [0.3, 0.4) is 0 Å². The molecule has 1 aromatic heterocycles. The summed E-state index contributed by atoms with van der Waals surface area (Å²) < 4.78 is 0. The molecule has 2 N–H and O–H groups in total. The van der Waals surface area contributed by atoms with Crippen molar-refractivity contribution in [2.75, 3.05) is 6.54 Å². The molecular formula is C11H14ClN3O2. The Morgan fingerprint density at radius 3 is 2.71 bits per heavy atom. The molecule has 1 saturated carbocycles. The molecule has 1 aliphatic rings. The lowest BCUT2D eigenvalue weighted by molar-refractivity contribution is 0.0448. The molecule has 17 heavy (non-hydrogen) atoms. The standard InChI is InChI=1S/C11H14ClN3O2/c12-9-6-13-8(5-14-9)10(16)15-7-11(17)3-1-2-4-11/h5-6,17H,1-4,7H2,(H,15,16). The van der Waals surface area contributed by atoms with Crippen LogP contribution in [-0.4, -0.2) is 33.1 Å². The first-order valence-electron chi connectivity index (χ1n) is 5.57. The number of hydrogen-bond acceptors (Lipinski definition) is 4. The summed E-state index contributed by atoms with van der Waals surface area (Å²) >= 11 is 5.57. The molecule has 0 unspecified atom stereocenters. The summed E-state index contributed by atoms with van der Waals surface area (Å²) in [5.74, 6) is -0.338. The van der Waals surface area contributed by atoms with Crippen molar-refractivity contribution in [1.29, 1.82) is 0 Å². The second kappa shape index (κ2) is 4.98. The Bertz CT molecular complexity index is 402. The van der Waals surface area contributed by atoms with E-state index >= 15 is 0 Å². The largest absolute Gasteiger partial charge is 0.388 e. The van der Waals surface area contributed by atoms with E-state index in [0.717, 1.165) is 25.7 Å². The van der Waals surface area contributed by atoms with Gasteiger partial charge in [-0.25, -0.2) is 9.97 Å². The van der Waals surface area contributed by atoms with Crippen LogP contribution in [0.2, 0.25) is 5.15 Å². The molecule has 92 valence electrons. The Labute approximate surface area is 104 Å². The van der Waals surface area contributed by atoms with E-state index in [0.29, 0.717) is 0 Å². The average Bonchev–Trinajstić information content (AvgIpc) is 2.75. The molecule has 1 amide bonds. The Kier molecular flexibility index (Phi) is 3.59. The van der Waals surface area contributed by atoms with E-state index in [1.807, 2.05) is 0 Å². The third-order valence-corrected chi connectivity index (χ3v) is 3.16. The highest BCUT2D eigenvalue weighted by Gasteiger charge is 2.31. The topological polar surface area (TPSA) is 75.1 Å². The molecule has 0 radical (unpaired) electrons. The van der Waals surface area contributed by atoms with Crippen LogP contribution < -0.4 is 5.32 Å². The predicted octanol–water partition coefficient (Wildman–Crippen LogP) is 1.16. The predicted molar refractivity (Wildman–Crippen MR) is 62.8 cm³/mol. The van der Waals surface area contributed by atoms with E-state index in [-0.39, 0.29) is 23.3 Å². The minimum Gasteiger partial charge on any atom is -0.388 e. The molecule has 1 aromatic rings. The maximum absolute atomic E-state index is 11.7. The Balaban J connectivity index is 1.91. The first-order chi connectivity index (χ1) is 8.09. The summed E-state index contributed by atoms with van der Waals surface area (Å²) in [7, 11) is 0. The fourth-order valence-corrected chi connectivity index (χ4v) is 2.07. The summed E-state index contributed by atoms with van der Waals surface area (Å²) in [4.78, 5) is 19.3. The normalized spacial score (nSPS) is 18.0. The van der Waals surface area contributed by atoms with Crippen molar-refractivity contribution in [1.82, 2.24) is 15.3 Å². The summed E-state index contributed by atoms with van der Waals surface area (Å²) in [5.41, 5.74) is -0.550. The van der Waals surface area contributed by atoms with Crippen LogP contribution in [0.4, 0.5) is 0 Å². The number of nitrogens with one attached hydrogen (secondary N) is 1.